The summed E-state index contributed by atoms with van der Waals surface area (Å²) in [6.45, 7) is 2.14. The van der Waals surface area contributed by atoms with Crippen molar-refractivity contribution in [1.82, 2.24) is 10.6 Å². The average molecular weight is 619 g/mol. The van der Waals surface area contributed by atoms with E-state index in [1.165, 1.54) is 0 Å². The first-order valence-electron chi connectivity index (χ1n) is 15.5. The Morgan fingerprint density at radius 1 is 0.609 bits per heavy atom. The number of nitrogens with one attached hydrogen (secondary N) is 2. The highest BCUT2D eigenvalue weighted by Crippen LogP contribution is 2.40. The summed E-state index contributed by atoms with van der Waals surface area (Å²) in [6.07, 6.45) is 3.78. The smallest absolute Gasteiger partial charge is 0.332 e. The van der Waals surface area contributed by atoms with Gasteiger partial charge in [0.1, 0.15) is 11.5 Å². The van der Waals surface area contributed by atoms with Crippen LogP contribution in [0.2, 0.25) is 0 Å². The lowest BCUT2D eigenvalue weighted by Crippen LogP contribution is -2.42. The minimum atomic E-state index is -1.13. The van der Waals surface area contributed by atoms with Crippen molar-refractivity contribution in [3.8, 4) is 11.5 Å². The fourth-order valence-electron chi connectivity index (χ4n) is 6.54. The molecule has 0 saturated carbocycles. The lowest BCUT2D eigenvalue weighted by Gasteiger charge is -2.35. The second kappa shape index (κ2) is 13.6. The first-order chi connectivity index (χ1) is 22.5. The molecule has 46 heavy (non-hydrogen) atoms. The summed E-state index contributed by atoms with van der Waals surface area (Å²) in [7, 11) is 3.26. The number of rotatable bonds is 8. The van der Waals surface area contributed by atoms with Crippen molar-refractivity contribution in [2.24, 2.45) is 0 Å². The number of ether oxygens (including phenoxy) is 4. The molecule has 0 spiro atoms. The lowest BCUT2D eigenvalue weighted by molar-refractivity contribution is -0.153. The van der Waals surface area contributed by atoms with E-state index in [0.717, 1.165) is 69.9 Å². The summed E-state index contributed by atoms with van der Waals surface area (Å²) in [5.41, 5.74) is 3.16. The van der Waals surface area contributed by atoms with Crippen molar-refractivity contribution in [2.45, 2.75) is 24.0 Å². The Morgan fingerprint density at radius 3 is 1.41 bits per heavy atom. The first-order valence-corrected chi connectivity index (χ1v) is 15.5. The molecule has 0 saturated heterocycles. The van der Waals surface area contributed by atoms with Gasteiger partial charge in [0.2, 0.25) is 0 Å². The standard InChI is InChI=1S/C38H38N2O6/c1-43-31-13-15-33-27(23-31)19-21-39-25-37(33,29-9-5-3-6-10-29)45-35(41)17-18-36(42)46-38(30-11-7-4-8-12-30)26-40-22-20-28-24-32(44-2)14-16-34(28)38/h3-18,23-24,39-40H,19-22,25-26H2,1-2H3/b18-17-. The molecule has 0 radical (unpaired) electrons. The van der Waals surface area contributed by atoms with Crippen LogP contribution in [-0.4, -0.2) is 52.3 Å². The SMILES string of the molecule is COc1ccc2c(c1)CCNCC2(OC(=O)/C=C\C(=O)OC1(c2ccccc2)CNCCc2cc(OC)ccc21)c1ccccc1. The highest BCUT2D eigenvalue weighted by atomic mass is 16.6. The van der Waals surface area contributed by atoms with Gasteiger partial charge in [-0.05, 0) is 61.3 Å². The second-order valence-corrected chi connectivity index (χ2v) is 11.5. The van der Waals surface area contributed by atoms with Crippen LogP contribution < -0.4 is 20.1 Å². The molecule has 2 aliphatic rings. The van der Waals surface area contributed by atoms with Crippen LogP contribution >= 0.6 is 0 Å². The van der Waals surface area contributed by atoms with E-state index in [1.54, 1.807) is 14.2 Å². The maximum atomic E-state index is 13.6. The monoisotopic (exact) mass is 618 g/mol. The van der Waals surface area contributed by atoms with Gasteiger partial charge in [0.15, 0.2) is 11.2 Å². The molecule has 8 nitrogen and oxygen atoms in total. The molecule has 4 aromatic rings. The summed E-state index contributed by atoms with van der Waals surface area (Å²) < 4.78 is 23.6. The van der Waals surface area contributed by atoms with Crippen LogP contribution in [-0.2, 0) is 43.1 Å². The number of methoxy groups -OCH3 is 2. The van der Waals surface area contributed by atoms with E-state index < -0.39 is 23.1 Å². The molecule has 0 aromatic heterocycles. The van der Waals surface area contributed by atoms with Gasteiger partial charge in [-0.25, -0.2) is 9.59 Å². The summed E-state index contributed by atoms with van der Waals surface area (Å²) in [4.78, 5) is 27.2. The third kappa shape index (κ3) is 6.14. The maximum absolute atomic E-state index is 13.6. The zero-order chi connectivity index (χ0) is 32.0. The zero-order valence-corrected chi connectivity index (χ0v) is 26.1. The molecule has 8 heteroatoms. The molecular weight excluding hydrogens is 580 g/mol. The number of hydrogen-bond donors (Lipinski definition) is 2. The van der Waals surface area contributed by atoms with E-state index in [0.29, 0.717) is 26.2 Å². The van der Waals surface area contributed by atoms with E-state index >= 15 is 0 Å². The molecule has 2 unspecified atom stereocenters. The second-order valence-electron chi connectivity index (χ2n) is 11.5. The van der Waals surface area contributed by atoms with Gasteiger partial charge in [-0.15, -0.1) is 0 Å². The Labute approximate surface area is 269 Å². The third-order valence-electron chi connectivity index (χ3n) is 8.77. The third-order valence-corrected chi connectivity index (χ3v) is 8.77. The Hall–Kier alpha value is -4.92. The molecule has 0 aliphatic carbocycles. The van der Waals surface area contributed by atoms with Crippen LogP contribution in [0.3, 0.4) is 0 Å². The van der Waals surface area contributed by atoms with Crippen LogP contribution in [0, 0.1) is 0 Å². The molecule has 0 fully saturated rings. The van der Waals surface area contributed by atoms with Crippen LogP contribution in [0.1, 0.15) is 33.4 Å². The van der Waals surface area contributed by atoms with Gasteiger partial charge in [-0.2, -0.15) is 0 Å². The lowest BCUT2D eigenvalue weighted by atomic mass is 9.83. The van der Waals surface area contributed by atoms with E-state index in [9.17, 15) is 9.59 Å². The number of carbonyl (C=O) groups excluding carboxylic acids is 2. The molecule has 4 aromatic carbocycles. The van der Waals surface area contributed by atoms with Gasteiger partial charge in [-0.3, -0.25) is 0 Å². The molecule has 2 heterocycles. The summed E-state index contributed by atoms with van der Waals surface area (Å²) in [5, 5.41) is 6.88. The van der Waals surface area contributed by atoms with E-state index in [2.05, 4.69) is 10.6 Å². The quantitative estimate of drug-likeness (QED) is 0.214. The fourth-order valence-corrected chi connectivity index (χ4v) is 6.54. The van der Waals surface area contributed by atoms with Gasteiger partial charge < -0.3 is 29.6 Å². The van der Waals surface area contributed by atoms with Crippen molar-refractivity contribution < 1.29 is 28.5 Å². The predicted octanol–water partition coefficient (Wildman–Crippen LogP) is 4.83. The number of benzene rings is 4. The fraction of sp³-hybridized carbons (Fsp3) is 0.263. The normalized spacial score (nSPS) is 20.8. The molecule has 6 rings (SSSR count). The first kappa shape index (κ1) is 31.1. The summed E-state index contributed by atoms with van der Waals surface area (Å²) in [6, 6.07) is 30.9. The Balaban J connectivity index is 1.32. The minimum absolute atomic E-state index is 0.364. The highest BCUT2D eigenvalue weighted by Gasteiger charge is 2.42. The topological polar surface area (TPSA) is 95.1 Å². The Bertz CT molecular complexity index is 1600. The van der Waals surface area contributed by atoms with Crippen molar-refractivity contribution in [3.05, 3.63) is 143 Å². The minimum Gasteiger partial charge on any atom is -0.497 e. The Kier molecular flexibility index (Phi) is 9.19. The molecule has 2 atom stereocenters. The van der Waals surface area contributed by atoms with Crippen molar-refractivity contribution in [1.29, 1.82) is 0 Å². The molecular formula is C38H38N2O6. The van der Waals surface area contributed by atoms with E-state index in [-0.39, 0.29) is 0 Å². The highest BCUT2D eigenvalue weighted by molar-refractivity contribution is 5.92. The summed E-state index contributed by atoms with van der Waals surface area (Å²) in [5.74, 6) is 0.141. The summed E-state index contributed by atoms with van der Waals surface area (Å²) >= 11 is 0. The largest absolute Gasteiger partial charge is 0.497 e. The van der Waals surface area contributed by atoms with Crippen molar-refractivity contribution >= 4 is 11.9 Å². The molecule has 236 valence electrons. The van der Waals surface area contributed by atoms with Crippen LogP contribution in [0.5, 0.6) is 11.5 Å². The van der Waals surface area contributed by atoms with Crippen LogP contribution in [0.25, 0.3) is 0 Å². The van der Waals surface area contributed by atoms with Crippen molar-refractivity contribution in [3.63, 3.8) is 0 Å². The molecule has 2 aliphatic heterocycles. The van der Waals surface area contributed by atoms with E-state index in [1.807, 2.05) is 97.1 Å². The zero-order valence-electron chi connectivity index (χ0n) is 26.1. The molecule has 2 N–H and O–H groups in total. The number of hydrogen-bond acceptors (Lipinski definition) is 8. The van der Waals surface area contributed by atoms with Gasteiger partial charge in [-0.1, -0.05) is 72.8 Å². The van der Waals surface area contributed by atoms with Crippen LogP contribution in [0.4, 0.5) is 0 Å². The molecule has 0 amide bonds. The van der Waals surface area contributed by atoms with Crippen molar-refractivity contribution in [2.75, 3.05) is 40.4 Å². The van der Waals surface area contributed by atoms with E-state index in [4.69, 9.17) is 18.9 Å². The average Bonchev–Trinajstić information content (AvgIpc) is 3.40. The van der Waals surface area contributed by atoms with Gasteiger partial charge in [0.05, 0.1) is 14.2 Å². The van der Waals surface area contributed by atoms with Gasteiger partial charge in [0.25, 0.3) is 0 Å². The number of fused-ring (bicyclic) bond motifs is 2. The maximum Gasteiger partial charge on any atom is 0.332 e. The number of carbonyl (C=O) groups is 2. The predicted molar refractivity (Wildman–Crippen MR) is 175 cm³/mol. The Morgan fingerprint density at radius 2 is 1.02 bits per heavy atom. The van der Waals surface area contributed by atoms with Gasteiger partial charge in [0, 0.05) is 47.5 Å². The molecule has 0 bridgehead atoms. The van der Waals surface area contributed by atoms with Crippen LogP contribution in [0.15, 0.2) is 109 Å². The number of esters is 2. The van der Waals surface area contributed by atoms with Gasteiger partial charge >= 0.3 is 11.9 Å².